The minimum absolute atomic E-state index is 0.0493. The Balaban J connectivity index is 2.05. The highest BCUT2D eigenvalue weighted by Gasteiger charge is 2.25. The SMILES string of the molecule is CC1CCN(c2ncnc3ccc([N+](=O)[O-])cc23)CC1N. The van der Waals surface area contributed by atoms with Gasteiger partial charge in [0, 0.05) is 36.7 Å². The van der Waals surface area contributed by atoms with E-state index in [9.17, 15) is 10.1 Å². The van der Waals surface area contributed by atoms with Gasteiger partial charge in [0.2, 0.25) is 0 Å². The van der Waals surface area contributed by atoms with Gasteiger partial charge in [0.25, 0.3) is 5.69 Å². The highest BCUT2D eigenvalue weighted by atomic mass is 16.6. The number of non-ortho nitro benzene ring substituents is 1. The molecule has 0 spiro atoms. The normalized spacial score (nSPS) is 22.5. The molecule has 1 saturated heterocycles. The fourth-order valence-electron chi connectivity index (χ4n) is 2.69. The molecule has 2 N–H and O–H groups in total. The van der Waals surface area contributed by atoms with Crippen molar-refractivity contribution in [1.82, 2.24) is 9.97 Å². The monoisotopic (exact) mass is 287 g/mol. The first-order chi connectivity index (χ1) is 10.1. The molecule has 21 heavy (non-hydrogen) atoms. The molecule has 1 aliphatic heterocycles. The Morgan fingerprint density at radius 2 is 2.24 bits per heavy atom. The molecule has 7 nitrogen and oxygen atoms in total. The minimum atomic E-state index is -0.403. The molecule has 1 aromatic heterocycles. The van der Waals surface area contributed by atoms with Crippen LogP contribution < -0.4 is 10.6 Å². The highest BCUT2D eigenvalue weighted by molar-refractivity contribution is 5.91. The van der Waals surface area contributed by atoms with Crippen molar-refractivity contribution in [2.75, 3.05) is 18.0 Å². The fourth-order valence-corrected chi connectivity index (χ4v) is 2.69. The van der Waals surface area contributed by atoms with Gasteiger partial charge < -0.3 is 10.6 Å². The van der Waals surface area contributed by atoms with Crippen molar-refractivity contribution < 1.29 is 4.92 Å². The largest absolute Gasteiger partial charge is 0.354 e. The molecule has 0 saturated carbocycles. The van der Waals surface area contributed by atoms with Crippen molar-refractivity contribution in [3.05, 3.63) is 34.6 Å². The molecule has 0 bridgehead atoms. The number of fused-ring (bicyclic) bond motifs is 1. The van der Waals surface area contributed by atoms with E-state index in [1.807, 2.05) is 0 Å². The van der Waals surface area contributed by atoms with Gasteiger partial charge in [-0.2, -0.15) is 0 Å². The summed E-state index contributed by atoms with van der Waals surface area (Å²) in [5.41, 5.74) is 6.89. The second-order valence-corrected chi connectivity index (χ2v) is 5.53. The summed E-state index contributed by atoms with van der Waals surface area (Å²) < 4.78 is 0. The molecule has 1 fully saturated rings. The van der Waals surface area contributed by atoms with Crippen LogP contribution in [0.15, 0.2) is 24.5 Å². The number of anilines is 1. The van der Waals surface area contributed by atoms with Crippen LogP contribution in [-0.4, -0.2) is 34.0 Å². The zero-order chi connectivity index (χ0) is 15.0. The molecule has 1 aliphatic rings. The summed E-state index contributed by atoms with van der Waals surface area (Å²) in [4.78, 5) is 21.2. The molecule has 2 unspecified atom stereocenters. The zero-order valence-electron chi connectivity index (χ0n) is 11.8. The van der Waals surface area contributed by atoms with Crippen LogP contribution in [0.5, 0.6) is 0 Å². The number of hydrogen-bond donors (Lipinski definition) is 1. The average Bonchev–Trinajstić information content (AvgIpc) is 2.49. The van der Waals surface area contributed by atoms with Crippen LogP contribution in [0, 0.1) is 16.0 Å². The summed E-state index contributed by atoms with van der Waals surface area (Å²) in [5.74, 6) is 1.20. The maximum atomic E-state index is 11.0. The van der Waals surface area contributed by atoms with Crippen LogP contribution >= 0.6 is 0 Å². The number of aromatic nitrogens is 2. The van der Waals surface area contributed by atoms with Gasteiger partial charge in [0.1, 0.15) is 12.1 Å². The molecule has 1 aromatic carbocycles. The van der Waals surface area contributed by atoms with Gasteiger partial charge in [0.15, 0.2) is 0 Å². The van der Waals surface area contributed by atoms with Crippen LogP contribution in [-0.2, 0) is 0 Å². The van der Waals surface area contributed by atoms with Crippen molar-refractivity contribution in [3.8, 4) is 0 Å². The predicted molar refractivity (Wildman–Crippen MR) is 80.2 cm³/mol. The Morgan fingerprint density at radius 1 is 1.43 bits per heavy atom. The summed E-state index contributed by atoms with van der Waals surface area (Å²) in [5, 5.41) is 11.7. The van der Waals surface area contributed by atoms with Gasteiger partial charge >= 0.3 is 0 Å². The lowest BCUT2D eigenvalue weighted by atomic mass is 9.94. The zero-order valence-corrected chi connectivity index (χ0v) is 11.8. The van der Waals surface area contributed by atoms with Gasteiger partial charge in [-0.1, -0.05) is 6.92 Å². The van der Waals surface area contributed by atoms with E-state index in [0.717, 1.165) is 18.8 Å². The van der Waals surface area contributed by atoms with Crippen LogP contribution in [0.4, 0.5) is 11.5 Å². The number of nitrogens with two attached hydrogens (primary N) is 1. The first-order valence-corrected chi connectivity index (χ1v) is 6.96. The fraction of sp³-hybridized carbons (Fsp3) is 0.429. The third kappa shape index (κ3) is 2.52. The molecule has 2 aromatic rings. The van der Waals surface area contributed by atoms with Gasteiger partial charge in [-0.25, -0.2) is 9.97 Å². The number of piperidine rings is 1. The standard InChI is InChI=1S/C14H17N5O2/c1-9-4-5-18(7-12(9)15)14-11-6-10(19(20)21)2-3-13(11)16-8-17-14/h2-3,6,8-9,12H,4-5,7,15H2,1H3. The van der Waals surface area contributed by atoms with Crippen molar-refractivity contribution in [3.63, 3.8) is 0 Å². The van der Waals surface area contributed by atoms with Crippen LogP contribution in [0.25, 0.3) is 10.9 Å². The lowest BCUT2D eigenvalue weighted by molar-refractivity contribution is -0.384. The first kappa shape index (κ1) is 13.7. The van der Waals surface area contributed by atoms with E-state index in [1.54, 1.807) is 6.07 Å². The minimum Gasteiger partial charge on any atom is -0.354 e. The Hall–Kier alpha value is -2.28. The number of nitro groups is 1. The van der Waals surface area contributed by atoms with Gasteiger partial charge in [-0.3, -0.25) is 10.1 Å². The number of benzene rings is 1. The molecular formula is C14H17N5O2. The average molecular weight is 287 g/mol. The van der Waals surface area contributed by atoms with Crippen molar-refractivity contribution in [2.24, 2.45) is 11.7 Å². The Kier molecular flexibility index (Phi) is 3.42. The highest BCUT2D eigenvalue weighted by Crippen LogP contribution is 2.29. The third-order valence-corrected chi connectivity index (χ3v) is 4.12. The summed E-state index contributed by atoms with van der Waals surface area (Å²) in [6.45, 7) is 3.70. The van der Waals surface area contributed by atoms with E-state index in [4.69, 9.17) is 5.73 Å². The molecular weight excluding hydrogens is 270 g/mol. The molecule has 0 amide bonds. The summed E-state index contributed by atoms with van der Waals surface area (Å²) in [7, 11) is 0. The molecule has 2 heterocycles. The van der Waals surface area contributed by atoms with Crippen molar-refractivity contribution in [2.45, 2.75) is 19.4 Å². The number of nitrogens with zero attached hydrogens (tertiary/aromatic N) is 4. The van der Waals surface area contributed by atoms with Gasteiger partial charge in [-0.05, 0) is 18.4 Å². The van der Waals surface area contributed by atoms with Crippen LogP contribution in [0.3, 0.4) is 0 Å². The summed E-state index contributed by atoms with van der Waals surface area (Å²) >= 11 is 0. The van der Waals surface area contributed by atoms with Crippen molar-refractivity contribution >= 4 is 22.4 Å². The maximum Gasteiger partial charge on any atom is 0.270 e. The van der Waals surface area contributed by atoms with Crippen molar-refractivity contribution in [1.29, 1.82) is 0 Å². The maximum absolute atomic E-state index is 11.0. The number of hydrogen-bond acceptors (Lipinski definition) is 6. The smallest absolute Gasteiger partial charge is 0.270 e. The molecule has 2 atom stereocenters. The van der Waals surface area contributed by atoms with E-state index >= 15 is 0 Å². The third-order valence-electron chi connectivity index (χ3n) is 4.12. The Morgan fingerprint density at radius 3 is 2.95 bits per heavy atom. The molecule has 3 rings (SSSR count). The van der Waals surface area contributed by atoms with E-state index in [0.29, 0.717) is 23.4 Å². The van der Waals surface area contributed by atoms with Crippen LogP contribution in [0.2, 0.25) is 0 Å². The lowest BCUT2D eigenvalue weighted by Crippen LogP contribution is -2.48. The van der Waals surface area contributed by atoms with E-state index in [2.05, 4.69) is 21.8 Å². The predicted octanol–water partition coefficient (Wildman–Crippen LogP) is 1.71. The molecule has 0 aliphatic carbocycles. The van der Waals surface area contributed by atoms with Gasteiger partial charge in [0.05, 0.1) is 10.4 Å². The van der Waals surface area contributed by atoms with E-state index < -0.39 is 4.92 Å². The number of rotatable bonds is 2. The number of nitro benzene ring substituents is 1. The Labute approximate surface area is 121 Å². The van der Waals surface area contributed by atoms with E-state index in [-0.39, 0.29) is 11.7 Å². The first-order valence-electron chi connectivity index (χ1n) is 6.96. The Bertz CT molecular complexity index is 690. The van der Waals surface area contributed by atoms with E-state index in [1.165, 1.54) is 18.5 Å². The second-order valence-electron chi connectivity index (χ2n) is 5.53. The molecule has 110 valence electrons. The summed E-state index contributed by atoms with van der Waals surface area (Å²) in [6.07, 6.45) is 2.48. The second kappa shape index (κ2) is 5.25. The molecule has 0 radical (unpaired) electrons. The van der Waals surface area contributed by atoms with Crippen LogP contribution in [0.1, 0.15) is 13.3 Å². The summed E-state index contributed by atoms with van der Waals surface area (Å²) in [6, 6.07) is 4.74. The molecule has 7 heteroatoms. The lowest BCUT2D eigenvalue weighted by Gasteiger charge is -2.36. The topological polar surface area (TPSA) is 98.2 Å². The van der Waals surface area contributed by atoms with Gasteiger partial charge in [-0.15, -0.1) is 0 Å². The quantitative estimate of drug-likeness (QED) is 0.667.